The maximum atomic E-state index is 13.6. The van der Waals surface area contributed by atoms with Gasteiger partial charge in [0.1, 0.15) is 11.6 Å². The van der Waals surface area contributed by atoms with E-state index in [0.29, 0.717) is 22.9 Å². The van der Waals surface area contributed by atoms with Crippen molar-refractivity contribution in [2.75, 3.05) is 25.0 Å². The van der Waals surface area contributed by atoms with Crippen LogP contribution in [-0.2, 0) is 0 Å². The van der Waals surface area contributed by atoms with Gasteiger partial charge in [0.2, 0.25) is 0 Å². The van der Waals surface area contributed by atoms with Gasteiger partial charge in [-0.05, 0) is 74.9 Å². The van der Waals surface area contributed by atoms with Gasteiger partial charge in [-0.25, -0.2) is 4.39 Å². The van der Waals surface area contributed by atoms with Crippen molar-refractivity contribution in [2.45, 2.75) is 25.8 Å². The van der Waals surface area contributed by atoms with E-state index in [0.717, 1.165) is 18.8 Å². The van der Waals surface area contributed by atoms with Crippen LogP contribution in [0.5, 0.6) is 0 Å². The van der Waals surface area contributed by atoms with Gasteiger partial charge in [-0.2, -0.15) is 0 Å². The molecule has 3 rings (SSSR count). The quantitative estimate of drug-likeness (QED) is 0.804. The van der Waals surface area contributed by atoms with Crippen LogP contribution in [0.15, 0.2) is 41.0 Å². The van der Waals surface area contributed by atoms with Crippen LogP contribution >= 0.6 is 12.2 Å². The minimum Gasteiger partial charge on any atom is -0.468 e. The lowest BCUT2D eigenvalue weighted by molar-refractivity contribution is 0.216. The molecule has 1 saturated heterocycles. The number of anilines is 1. The summed E-state index contributed by atoms with van der Waals surface area (Å²) in [6.45, 7) is 4.51. The Morgan fingerprint density at radius 2 is 2.12 bits per heavy atom. The zero-order valence-corrected chi connectivity index (χ0v) is 14.5. The molecule has 1 aromatic carbocycles. The van der Waals surface area contributed by atoms with E-state index in [-0.39, 0.29) is 11.9 Å². The summed E-state index contributed by atoms with van der Waals surface area (Å²) in [5.41, 5.74) is 1.26. The molecular formula is C18H22FN3OS. The summed E-state index contributed by atoms with van der Waals surface area (Å²) >= 11 is 5.34. The number of hydrogen-bond donors (Lipinski definition) is 2. The van der Waals surface area contributed by atoms with E-state index >= 15 is 0 Å². The monoisotopic (exact) mass is 347 g/mol. The molecule has 1 atom stereocenters. The maximum absolute atomic E-state index is 13.6. The molecule has 2 heterocycles. The summed E-state index contributed by atoms with van der Waals surface area (Å²) in [6, 6.07) is 9.05. The van der Waals surface area contributed by atoms with E-state index < -0.39 is 0 Å². The highest BCUT2D eigenvalue weighted by Gasteiger charge is 2.25. The van der Waals surface area contributed by atoms with Crippen molar-refractivity contribution < 1.29 is 8.81 Å². The molecule has 0 bridgehead atoms. The Bertz CT molecular complexity index is 684. The Morgan fingerprint density at radius 1 is 1.33 bits per heavy atom. The lowest BCUT2D eigenvalue weighted by atomic mass is 10.2. The van der Waals surface area contributed by atoms with Gasteiger partial charge in [-0.1, -0.05) is 6.07 Å². The Balaban J connectivity index is 1.59. The van der Waals surface area contributed by atoms with Gasteiger partial charge in [0.15, 0.2) is 5.11 Å². The van der Waals surface area contributed by atoms with E-state index in [1.165, 1.54) is 18.9 Å². The molecule has 0 aliphatic carbocycles. The summed E-state index contributed by atoms with van der Waals surface area (Å²) < 4.78 is 19.2. The third-order valence-electron chi connectivity index (χ3n) is 4.34. The van der Waals surface area contributed by atoms with E-state index in [2.05, 4.69) is 15.5 Å². The minimum absolute atomic E-state index is 0.150. The number of thiocarbonyl (C=S) groups is 1. The van der Waals surface area contributed by atoms with E-state index in [9.17, 15) is 4.39 Å². The second-order valence-corrected chi connectivity index (χ2v) is 6.48. The van der Waals surface area contributed by atoms with Crippen molar-refractivity contribution in [3.05, 3.63) is 53.7 Å². The molecule has 4 nitrogen and oxygen atoms in total. The molecule has 0 amide bonds. The first kappa shape index (κ1) is 16.9. The highest BCUT2D eigenvalue weighted by Crippen LogP contribution is 2.25. The van der Waals surface area contributed by atoms with Crippen molar-refractivity contribution in [1.29, 1.82) is 0 Å². The number of rotatable bonds is 5. The first-order valence-corrected chi connectivity index (χ1v) is 8.63. The standard InChI is InChI=1S/C18H22FN3OS/c1-13-6-7-14(11-15(13)19)21-18(24)20-12-16(17-5-4-10-23-17)22-8-2-3-9-22/h4-7,10-11,16H,2-3,8-9,12H2,1H3,(H2,20,21,24). The van der Waals surface area contributed by atoms with Gasteiger partial charge < -0.3 is 15.1 Å². The smallest absolute Gasteiger partial charge is 0.170 e. The van der Waals surface area contributed by atoms with Crippen molar-refractivity contribution >= 4 is 23.0 Å². The molecule has 0 radical (unpaired) electrons. The number of nitrogens with zero attached hydrogens (tertiary/aromatic N) is 1. The molecule has 0 spiro atoms. The summed E-state index contributed by atoms with van der Waals surface area (Å²) in [7, 11) is 0. The van der Waals surface area contributed by atoms with Crippen molar-refractivity contribution in [2.24, 2.45) is 0 Å². The molecule has 2 N–H and O–H groups in total. The Morgan fingerprint density at radius 3 is 2.79 bits per heavy atom. The molecule has 6 heteroatoms. The molecule has 2 aromatic rings. The fourth-order valence-electron chi connectivity index (χ4n) is 2.98. The average Bonchev–Trinajstić information content (AvgIpc) is 3.25. The summed E-state index contributed by atoms with van der Waals surface area (Å²) in [6.07, 6.45) is 4.12. The second-order valence-electron chi connectivity index (χ2n) is 6.07. The molecule has 24 heavy (non-hydrogen) atoms. The average molecular weight is 347 g/mol. The van der Waals surface area contributed by atoms with Crippen LogP contribution in [0.2, 0.25) is 0 Å². The third kappa shape index (κ3) is 4.13. The van der Waals surface area contributed by atoms with Gasteiger partial charge in [0.25, 0.3) is 0 Å². The third-order valence-corrected chi connectivity index (χ3v) is 4.59. The number of aryl methyl sites for hydroxylation is 1. The molecule has 1 unspecified atom stereocenters. The van der Waals surface area contributed by atoms with E-state index in [1.807, 2.05) is 18.2 Å². The van der Waals surface area contributed by atoms with Crippen LogP contribution in [0.25, 0.3) is 0 Å². The van der Waals surface area contributed by atoms with Crippen LogP contribution < -0.4 is 10.6 Å². The van der Waals surface area contributed by atoms with Gasteiger partial charge in [-0.3, -0.25) is 4.90 Å². The van der Waals surface area contributed by atoms with Crippen molar-refractivity contribution in [3.63, 3.8) is 0 Å². The lowest BCUT2D eigenvalue weighted by Gasteiger charge is -2.26. The number of hydrogen-bond acceptors (Lipinski definition) is 3. The zero-order chi connectivity index (χ0) is 16.9. The zero-order valence-electron chi connectivity index (χ0n) is 13.7. The molecule has 1 aliphatic heterocycles. The lowest BCUT2D eigenvalue weighted by Crippen LogP contribution is -2.38. The molecule has 1 aromatic heterocycles. The van der Waals surface area contributed by atoms with Gasteiger partial charge in [-0.15, -0.1) is 0 Å². The highest BCUT2D eigenvalue weighted by molar-refractivity contribution is 7.80. The SMILES string of the molecule is Cc1ccc(NC(=S)NCC(c2ccco2)N2CCCC2)cc1F. The molecule has 0 saturated carbocycles. The fourth-order valence-corrected chi connectivity index (χ4v) is 3.18. The molecule has 1 fully saturated rings. The molecule has 1 aliphatic rings. The van der Waals surface area contributed by atoms with Crippen LogP contribution in [-0.4, -0.2) is 29.6 Å². The van der Waals surface area contributed by atoms with Gasteiger partial charge in [0.05, 0.1) is 12.3 Å². The van der Waals surface area contributed by atoms with Gasteiger partial charge in [0, 0.05) is 12.2 Å². The van der Waals surface area contributed by atoms with E-state index in [1.54, 1.807) is 19.3 Å². The summed E-state index contributed by atoms with van der Waals surface area (Å²) in [5, 5.41) is 6.74. The number of benzene rings is 1. The largest absolute Gasteiger partial charge is 0.468 e. The highest BCUT2D eigenvalue weighted by atomic mass is 32.1. The topological polar surface area (TPSA) is 40.4 Å². The number of furan rings is 1. The number of nitrogens with one attached hydrogen (secondary N) is 2. The van der Waals surface area contributed by atoms with Crippen LogP contribution in [0, 0.1) is 12.7 Å². The predicted octanol–water partition coefficient (Wildman–Crippen LogP) is 3.85. The van der Waals surface area contributed by atoms with Crippen LogP contribution in [0.4, 0.5) is 10.1 Å². The number of halogens is 1. The first-order valence-electron chi connectivity index (χ1n) is 8.22. The Kier molecular flexibility index (Phi) is 5.48. The molecule has 128 valence electrons. The summed E-state index contributed by atoms with van der Waals surface area (Å²) in [5.74, 6) is 0.696. The fraction of sp³-hybridized carbons (Fsp3) is 0.389. The predicted molar refractivity (Wildman–Crippen MR) is 97.6 cm³/mol. The maximum Gasteiger partial charge on any atom is 0.170 e. The number of likely N-dealkylation sites (tertiary alicyclic amines) is 1. The minimum atomic E-state index is -0.242. The Labute approximate surface area is 147 Å². The van der Waals surface area contributed by atoms with E-state index in [4.69, 9.17) is 16.6 Å². The van der Waals surface area contributed by atoms with Crippen molar-refractivity contribution in [1.82, 2.24) is 10.2 Å². The molecular weight excluding hydrogens is 325 g/mol. The van der Waals surface area contributed by atoms with Crippen molar-refractivity contribution in [3.8, 4) is 0 Å². The van der Waals surface area contributed by atoms with Crippen LogP contribution in [0.3, 0.4) is 0 Å². The first-order chi connectivity index (χ1) is 11.6. The second kappa shape index (κ2) is 7.77. The summed E-state index contributed by atoms with van der Waals surface area (Å²) in [4.78, 5) is 2.40. The Hall–Kier alpha value is -1.92. The van der Waals surface area contributed by atoms with Crippen LogP contribution in [0.1, 0.15) is 30.2 Å². The normalized spacial score (nSPS) is 16.1. The van der Waals surface area contributed by atoms with Gasteiger partial charge >= 0.3 is 0 Å².